The number of carboxylic acid groups (broad SMARTS) is 1. The van der Waals surface area contributed by atoms with Crippen LogP contribution >= 0.6 is 0 Å². The standard InChI is InChI=1S/C11H14N2O3/c1-7-5-8(3-4-9(7)12)11(16)13(2)6-10(14)15/h3-5H,6,12H2,1-2H3,(H,14,15). The number of hydrogen-bond donors (Lipinski definition) is 2. The molecule has 0 spiro atoms. The first-order valence-corrected chi connectivity index (χ1v) is 4.75. The van der Waals surface area contributed by atoms with Crippen LogP contribution in [0.1, 0.15) is 15.9 Å². The van der Waals surface area contributed by atoms with Crippen molar-refractivity contribution in [3.05, 3.63) is 29.3 Å². The average molecular weight is 222 g/mol. The van der Waals surface area contributed by atoms with Crippen LogP contribution in [0, 0.1) is 6.92 Å². The van der Waals surface area contributed by atoms with Crippen LogP contribution in [0.3, 0.4) is 0 Å². The third kappa shape index (κ3) is 2.73. The normalized spacial score (nSPS) is 9.88. The highest BCUT2D eigenvalue weighted by Crippen LogP contribution is 2.13. The fourth-order valence-electron chi connectivity index (χ4n) is 1.30. The second kappa shape index (κ2) is 4.65. The zero-order valence-electron chi connectivity index (χ0n) is 9.23. The molecule has 0 aromatic heterocycles. The molecular weight excluding hydrogens is 208 g/mol. The van der Waals surface area contributed by atoms with E-state index in [1.165, 1.54) is 7.05 Å². The van der Waals surface area contributed by atoms with Crippen LogP contribution in [0.2, 0.25) is 0 Å². The first kappa shape index (κ1) is 12.0. The number of carbonyl (C=O) groups is 2. The highest BCUT2D eigenvalue weighted by molar-refractivity contribution is 5.96. The number of hydrogen-bond acceptors (Lipinski definition) is 3. The quantitative estimate of drug-likeness (QED) is 0.738. The Kier molecular flexibility index (Phi) is 3.50. The van der Waals surface area contributed by atoms with E-state index in [1.807, 2.05) is 0 Å². The maximum absolute atomic E-state index is 11.8. The summed E-state index contributed by atoms with van der Waals surface area (Å²) in [4.78, 5) is 23.4. The molecule has 0 radical (unpaired) electrons. The molecule has 0 saturated carbocycles. The average Bonchev–Trinajstić information content (AvgIpc) is 2.20. The largest absolute Gasteiger partial charge is 0.480 e. The van der Waals surface area contributed by atoms with Crippen molar-refractivity contribution in [3.63, 3.8) is 0 Å². The number of likely N-dealkylation sites (N-methyl/N-ethyl adjacent to an activating group) is 1. The van der Waals surface area contributed by atoms with Gasteiger partial charge in [0.25, 0.3) is 5.91 Å². The van der Waals surface area contributed by atoms with Crippen LogP contribution in [0.15, 0.2) is 18.2 Å². The second-order valence-corrected chi connectivity index (χ2v) is 3.63. The van der Waals surface area contributed by atoms with E-state index in [0.717, 1.165) is 10.5 Å². The van der Waals surface area contributed by atoms with Gasteiger partial charge < -0.3 is 15.7 Å². The summed E-state index contributed by atoms with van der Waals surface area (Å²) in [5, 5.41) is 8.56. The number of aryl methyl sites for hydroxylation is 1. The van der Waals surface area contributed by atoms with Crippen LogP contribution in [0.4, 0.5) is 5.69 Å². The Labute approximate surface area is 93.5 Å². The lowest BCUT2D eigenvalue weighted by molar-refractivity contribution is -0.137. The van der Waals surface area contributed by atoms with Crippen LogP contribution in [-0.4, -0.2) is 35.5 Å². The Morgan fingerprint density at radius 3 is 2.56 bits per heavy atom. The van der Waals surface area contributed by atoms with E-state index < -0.39 is 5.97 Å². The number of aliphatic carboxylic acids is 1. The minimum atomic E-state index is -1.04. The van der Waals surface area contributed by atoms with E-state index in [0.29, 0.717) is 11.3 Å². The van der Waals surface area contributed by atoms with Gasteiger partial charge in [0.05, 0.1) is 0 Å². The molecule has 16 heavy (non-hydrogen) atoms. The lowest BCUT2D eigenvalue weighted by Crippen LogP contribution is -2.31. The van der Waals surface area contributed by atoms with Crippen molar-refractivity contribution in [1.29, 1.82) is 0 Å². The predicted octanol–water partition coefficient (Wildman–Crippen LogP) is 0.734. The second-order valence-electron chi connectivity index (χ2n) is 3.63. The minimum Gasteiger partial charge on any atom is -0.480 e. The molecule has 0 aliphatic carbocycles. The Morgan fingerprint density at radius 1 is 1.44 bits per heavy atom. The van der Waals surface area contributed by atoms with Crippen molar-refractivity contribution in [2.24, 2.45) is 0 Å². The zero-order valence-corrected chi connectivity index (χ0v) is 9.23. The van der Waals surface area contributed by atoms with Crippen LogP contribution in [0.25, 0.3) is 0 Å². The molecule has 0 heterocycles. The van der Waals surface area contributed by atoms with Gasteiger partial charge in [-0.1, -0.05) is 0 Å². The van der Waals surface area contributed by atoms with Crippen molar-refractivity contribution in [1.82, 2.24) is 4.90 Å². The predicted molar refractivity (Wildman–Crippen MR) is 60.2 cm³/mol. The molecular formula is C11H14N2O3. The molecule has 86 valence electrons. The Bertz CT molecular complexity index is 429. The lowest BCUT2D eigenvalue weighted by Gasteiger charge is -2.15. The van der Waals surface area contributed by atoms with E-state index in [9.17, 15) is 9.59 Å². The van der Waals surface area contributed by atoms with E-state index in [4.69, 9.17) is 10.8 Å². The van der Waals surface area contributed by atoms with E-state index >= 15 is 0 Å². The molecule has 1 aromatic rings. The molecule has 0 saturated heterocycles. The number of nitrogens with zero attached hydrogens (tertiary/aromatic N) is 1. The van der Waals surface area contributed by atoms with Gasteiger partial charge in [0.2, 0.25) is 0 Å². The lowest BCUT2D eigenvalue weighted by atomic mass is 10.1. The number of carbonyl (C=O) groups excluding carboxylic acids is 1. The Morgan fingerprint density at radius 2 is 2.06 bits per heavy atom. The molecule has 5 heteroatoms. The highest BCUT2D eigenvalue weighted by Gasteiger charge is 2.14. The number of nitrogen functional groups attached to an aromatic ring is 1. The summed E-state index contributed by atoms with van der Waals surface area (Å²) in [7, 11) is 1.45. The van der Waals surface area contributed by atoms with Crippen molar-refractivity contribution in [2.45, 2.75) is 6.92 Å². The van der Waals surface area contributed by atoms with Crippen molar-refractivity contribution in [3.8, 4) is 0 Å². The number of carboxylic acids is 1. The number of rotatable bonds is 3. The molecule has 0 aliphatic heterocycles. The van der Waals surface area contributed by atoms with Crippen LogP contribution in [-0.2, 0) is 4.79 Å². The van der Waals surface area contributed by atoms with Gasteiger partial charge in [-0.15, -0.1) is 0 Å². The number of benzene rings is 1. The maximum Gasteiger partial charge on any atom is 0.323 e. The molecule has 1 aromatic carbocycles. The van der Waals surface area contributed by atoms with E-state index in [-0.39, 0.29) is 12.5 Å². The van der Waals surface area contributed by atoms with Crippen LogP contribution in [0.5, 0.6) is 0 Å². The highest BCUT2D eigenvalue weighted by atomic mass is 16.4. The minimum absolute atomic E-state index is 0.317. The summed E-state index contributed by atoms with van der Waals surface area (Å²) >= 11 is 0. The molecule has 1 amide bonds. The third-order valence-corrected chi connectivity index (χ3v) is 2.24. The van der Waals surface area contributed by atoms with Crippen LogP contribution < -0.4 is 5.73 Å². The molecule has 0 bridgehead atoms. The SMILES string of the molecule is Cc1cc(C(=O)N(C)CC(=O)O)ccc1N. The fourth-order valence-corrected chi connectivity index (χ4v) is 1.30. The van der Waals surface area contributed by atoms with Crippen molar-refractivity contribution < 1.29 is 14.7 Å². The molecule has 0 fully saturated rings. The molecule has 0 aliphatic rings. The van der Waals surface area contributed by atoms with Gasteiger partial charge in [0, 0.05) is 18.3 Å². The summed E-state index contributed by atoms with van der Waals surface area (Å²) in [6.45, 7) is 1.48. The van der Waals surface area contributed by atoms with Gasteiger partial charge in [-0.3, -0.25) is 9.59 Å². The molecule has 0 unspecified atom stereocenters. The molecule has 1 rings (SSSR count). The fraction of sp³-hybridized carbons (Fsp3) is 0.273. The first-order valence-electron chi connectivity index (χ1n) is 4.75. The zero-order chi connectivity index (χ0) is 12.3. The Balaban J connectivity index is 2.88. The van der Waals surface area contributed by atoms with Crippen molar-refractivity contribution in [2.75, 3.05) is 19.3 Å². The van der Waals surface area contributed by atoms with Gasteiger partial charge >= 0.3 is 5.97 Å². The summed E-state index contributed by atoms with van der Waals surface area (Å²) in [6, 6.07) is 4.87. The summed E-state index contributed by atoms with van der Waals surface area (Å²) in [5.41, 5.74) is 7.48. The number of amides is 1. The molecule has 3 N–H and O–H groups in total. The van der Waals surface area contributed by atoms with Crippen molar-refractivity contribution >= 4 is 17.6 Å². The van der Waals surface area contributed by atoms with E-state index in [2.05, 4.69) is 0 Å². The number of nitrogens with two attached hydrogens (primary N) is 1. The maximum atomic E-state index is 11.8. The Hall–Kier alpha value is -2.04. The van der Waals surface area contributed by atoms with Gasteiger partial charge in [-0.05, 0) is 30.7 Å². The molecule has 5 nitrogen and oxygen atoms in total. The monoisotopic (exact) mass is 222 g/mol. The molecule has 0 atom stereocenters. The van der Waals surface area contributed by atoms with E-state index in [1.54, 1.807) is 25.1 Å². The summed E-state index contributed by atoms with van der Waals surface area (Å²) < 4.78 is 0. The third-order valence-electron chi connectivity index (χ3n) is 2.24. The van der Waals surface area contributed by atoms with Gasteiger partial charge in [0.15, 0.2) is 0 Å². The number of anilines is 1. The summed E-state index contributed by atoms with van der Waals surface area (Å²) in [5.74, 6) is -1.37. The smallest absolute Gasteiger partial charge is 0.323 e. The van der Waals surface area contributed by atoms with Gasteiger partial charge in [-0.2, -0.15) is 0 Å². The topological polar surface area (TPSA) is 83.6 Å². The first-order chi connectivity index (χ1) is 7.41. The summed E-state index contributed by atoms with van der Waals surface area (Å²) in [6.07, 6.45) is 0. The van der Waals surface area contributed by atoms with Gasteiger partial charge in [-0.25, -0.2) is 0 Å². The van der Waals surface area contributed by atoms with Gasteiger partial charge in [0.1, 0.15) is 6.54 Å².